The predicted octanol–water partition coefficient (Wildman–Crippen LogP) is 3.01. The van der Waals surface area contributed by atoms with E-state index in [-0.39, 0.29) is 27.4 Å². The van der Waals surface area contributed by atoms with Crippen LogP contribution in [0.2, 0.25) is 0 Å². The van der Waals surface area contributed by atoms with Crippen molar-refractivity contribution in [1.29, 1.82) is 0 Å². The normalized spacial score (nSPS) is 16.9. The standard InChI is InChI=1S/C20H22F2N6O2S/c1-27-20(28-8-3-4-11(29)7-9-28)14(10-24-27)25-18(30)16-17(23)31-19(26-16)15-12(21)5-2-6-13(15)22/h2,5-6,10-11,29H,3-4,7-9,23H2,1H3,(H,25,30)/t11-/m1/s1. The Morgan fingerprint density at radius 2 is 2.03 bits per heavy atom. The van der Waals surface area contributed by atoms with Gasteiger partial charge in [0.2, 0.25) is 0 Å². The fraction of sp³-hybridized carbons (Fsp3) is 0.350. The van der Waals surface area contributed by atoms with Gasteiger partial charge in [0, 0.05) is 20.1 Å². The molecule has 1 saturated heterocycles. The van der Waals surface area contributed by atoms with Crippen LogP contribution < -0.4 is 16.0 Å². The molecule has 1 atom stereocenters. The highest BCUT2D eigenvalue weighted by Crippen LogP contribution is 2.34. The summed E-state index contributed by atoms with van der Waals surface area (Å²) in [4.78, 5) is 19.0. The van der Waals surface area contributed by atoms with Crippen molar-refractivity contribution in [2.45, 2.75) is 25.4 Å². The van der Waals surface area contributed by atoms with Crippen LogP contribution in [0.1, 0.15) is 29.8 Å². The molecule has 0 spiro atoms. The number of aliphatic hydroxyl groups is 1. The number of benzene rings is 1. The van der Waals surface area contributed by atoms with Crippen LogP contribution in [0.3, 0.4) is 0 Å². The maximum Gasteiger partial charge on any atom is 0.277 e. The monoisotopic (exact) mass is 448 g/mol. The van der Waals surface area contributed by atoms with Crippen LogP contribution in [0.4, 0.5) is 25.3 Å². The van der Waals surface area contributed by atoms with Gasteiger partial charge in [0.05, 0.1) is 17.9 Å². The van der Waals surface area contributed by atoms with E-state index in [0.29, 0.717) is 24.5 Å². The average molecular weight is 448 g/mol. The van der Waals surface area contributed by atoms with Gasteiger partial charge >= 0.3 is 0 Å². The van der Waals surface area contributed by atoms with Crippen LogP contribution in [-0.2, 0) is 7.05 Å². The van der Waals surface area contributed by atoms with Crippen molar-refractivity contribution in [3.05, 3.63) is 41.7 Å². The summed E-state index contributed by atoms with van der Waals surface area (Å²) in [6.07, 6.45) is 3.34. The molecule has 0 aliphatic carbocycles. The lowest BCUT2D eigenvalue weighted by Gasteiger charge is -2.24. The van der Waals surface area contributed by atoms with E-state index in [1.54, 1.807) is 11.7 Å². The summed E-state index contributed by atoms with van der Waals surface area (Å²) < 4.78 is 29.8. The minimum Gasteiger partial charge on any atom is -0.393 e. The van der Waals surface area contributed by atoms with Crippen LogP contribution in [0.15, 0.2) is 24.4 Å². The lowest BCUT2D eigenvalue weighted by Crippen LogP contribution is -2.28. The second-order valence-corrected chi connectivity index (χ2v) is 8.39. The van der Waals surface area contributed by atoms with Gasteiger partial charge in [-0.25, -0.2) is 13.8 Å². The number of aromatic nitrogens is 3. The van der Waals surface area contributed by atoms with Crippen molar-refractivity contribution in [2.24, 2.45) is 7.05 Å². The molecule has 164 valence electrons. The van der Waals surface area contributed by atoms with E-state index >= 15 is 0 Å². The highest BCUT2D eigenvalue weighted by Gasteiger charge is 2.25. The van der Waals surface area contributed by atoms with Crippen LogP contribution in [0.5, 0.6) is 0 Å². The number of nitrogen functional groups attached to an aromatic ring is 1. The second kappa shape index (κ2) is 8.60. The highest BCUT2D eigenvalue weighted by atomic mass is 32.1. The number of nitrogens with one attached hydrogen (secondary N) is 1. The second-order valence-electron chi connectivity index (χ2n) is 7.36. The molecular weight excluding hydrogens is 426 g/mol. The first kappa shape index (κ1) is 21.2. The minimum absolute atomic E-state index is 0.00818. The van der Waals surface area contributed by atoms with Gasteiger partial charge in [0.25, 0.3) is 5.91 Å². The van der Waals surface area contributed by atoms with E-state index in [9.17, 15) is 18.7 Å². The Balaban J connectivity index is 1.60. The Hall–Kier alpha value is -3.05. The van der Waals surface area contributed by atoms with E-state index < -0.39 is 17.5 Å². The van der Waals surface area contributed by atoms with Gasteiger partial charge in [0.1, 0.15) is 27.3 Å². The number of anilines is 3. The molecule has 11 heteroatoms. The molecule has 0 bridgehead atoms. The van der Waals surface area contributed by atoms with Gasteiger partial charge < -0.3 is 21.1 Å². The molecule has 1 aromatic carbocycles. The topological polar surface area (TPSA) is 109 Å². The van der Waals surface area contributed by atoms with Crippen molar-refractivity contribution in [1.82, 2.24) is 14.8 Å². The molecule has 1 aliphatic rings. The molecule has 3 aromatic rings. The molecule has 1 fully saturated rings. The molecule has 1 aliphatic heterocycles. The summed E-state index contributed by atoms with van der Waals surface area (Å²) in [7, 11) is 1.77. The molecule has 0 saturated carbocycles. The first-order chi connectivity index (χ1) is 14.8. The summed E-state index contributed by atoms with van der Waals surface area (Å²) >= 11 is 0.842. The number of carbonyl (C=O) groups excluding carboxylic acids is 1. The zero-order valence-corrected chi connectivity index (χ0v) is 17.6. The van der Waals surface area contributed by atoms with Crippen LogP contribution in [0, 0.1) is 11.6 Å². The molecule has 3 heterocycles. The lowest BCUT2D eigenvalue weighted by molar-refractivity contribution is 0.102. The maximum atomic E-state index is 14.1. The number of carbonyl (C=O) groups is 1. The van der Waals surface area contributed by atoms with Gasteiger partial charge in [-0.1, -0.05) is 17.4 Å². The fourth-order valence-electron chi connectivity index (χ4n) is 3.67. The van der Waals surface area contributed by atoms with Crippen molar-refractivity contribution in [2.75, 3.05) is 29.0 Å². The maximum absolute atomic E-state index is 14.1. The molecule has 1 amide bonds. The number of rotatable bonds is 4. The van der Waals surface area contributed by atoms with Gasteiger partial charge in [0.15, 0.2) is 11.5 Å². The summed E-state index contributed by atoms with van der Waals surface area (Å²) in [5, 5.41) is 17.0. The minimum atomic E-state index is -0.779. The molecule has 2 aromatic heterocycles. The first-order valence-electron chi connectivity index (χ1n) is 9.82. The third kappa shape index (κ3) is 4.23. The number of hydrogen-bond acceptors (Lipinski definition) is 7. The number of thiazole rings is 1. The molecule has 4 N–H and O–H groups in total. The Morgan fingerprint density at radius 1 is 1.29 bits per heavy atom. The van der Waals surface area contributed by atoms with E-state index in [1.807, 2.05) is 0 Å². The van der Waals surface area contributed by atoms with Crippen molar-refractivity contribution in [3.8, 4) is 10.6 Å². The smallest absolute Gasteiger partial charge is 0.277 e. The fourth-order valence-corrected chi connectivity index (χ4v) is 4.55. The number of hydrogen-bond donors (Lipinski definition) is 3. The molecule has 8 nitrogen and oxygen atoms in total. The molecule has 4 rings (SSSR count). The summed E-state index contributed by atoms with van der Waals surface area (Å²) in [6.45, 7) is 1.34. The van der Waals surface area contributed by atoms with Gasteiger partial charge in [-0.2, -0.15) is 5.10 Å². The van der Waals surface area contributed by atoms with E-state index in [0.717, 1.165) is 42.9 Å². The highest BCUT2D eigenvalue weighted by molar-refractivity contribution is 7.19. The zero-order valence-electron chi connectivity index (χ0n) is 16.8. The van der Waals surface area contributed by atoms with Gasteiger partial charge in [-0.15, -0.1) is 0 Å². The number of nitrogens with zero attached hydrogens (tertiary/aromatic N) is 4. The third-order valence-electron chi connectivity index (χ3n) is 5.20. The van der Waals surface area contributed by atoms with Crippen LogP contribution in [-0.4, -0.2) is 45.0 Å². The predicted molar refractivity (Wildman–Crippen MR) is 115 cm³/mol. The van der Waals surface area contributed by atoms with E-state index in [1.165, 1.54) is 12.3 Å². The number of aryl methyl sites for hydroxylation is 1. The Bertz CT molecular complexity index is 1100. The summed E-state index contributed by atoms with van der Waals surface area (Å²) in [6, 6.07) is 3.50. The average Bonchev–Trinajstić information content (AvgIpc) is 3.19. The van der Waals surface area contributed by atoms with Crippen LogP contribution in [0.25, 0.3) is 10.6 Å². The van der Waals surface area contributed by atoms with Crippen molar-refractivity contribution < 1.29 is 18.7 Å². The molecule has 31 heavy (non-hydrogen) atoms. The Kier molecular flexibility index (Phi) is 5.88. The summed E-state index contributed by atoms with van der Waals surface area (Å²) in [5.41, 5.74) is 5.99. The van der Waals surface area contributed by atoms with Crippen molar-refractivity contribution >= 4 is 33.8 Å². The number of aliphatic hydroxyl groups excluding tert-OH is 1. The third-order valence-corrected chi connectivity index (χ3v) is 6.10. The lowest BCUT2D eigenvalue weighted by atomic mass is 10.2. The Labute approximate surface area is 181 Å². The van der Waals surface area contributed by atoms with Crippen molar-refractivity contribution in [3.63, 3.8) is 0 Å². The molecule has 0 unspecified atom stereocenters. The van der Waals surface area contributed by atoms with Gasteiger partial charge in [-0.05, 0) is 31.4 Å². The quantitative estimate of drug-likeness (QED) is 0.566. The van der Waals surface area contributed by atoms with Crippen LogP contribution >= 0.6 is 11.3 Å². The zero-order chi connectivity index (χ0) is 22.1. The SMILES string of the molecule is Cn1ncc(NC(=O)c2nc(-c3c(F)cccc3F)sc2N)c1N1CCC[C@@H](O)CC1. The Morgan fingerprint density at radius 3 is 2.77 bits per heavy atom. The molecular formula is C20H22F2N6O2S. The number of amides is 1. The van der Waals surface area contributed by atoms with E-state index in [2.05, 4.69) is 20.3 Å². The summed E-state index contributed by atoms with van der Waals surface area (Å²) in [5.74, 6) is -1.45. The van der Waals surface area contributed by atoms with Gasteiger partial charge in [-0.3, -0.25) is 9.48 Å². The largest absolute Gasteiger partial charge is 0.393 e. The first-order valence-corrected chi connectivity index (χ1v) is 10.6. The molecule has 0 radical (unpaired) electrons. The van der Waals surface area contributed by atoms with E-state index in [4.69, 9.17) is 5.73 Å². The number of nitrogens with two attached hydrogens (primary N) is 1. The number of halogens is 2.